The number of nitrogens with zero attached hydrogens (tertiary/aromatic N) is 1. The lowest BCUT2D eigenvalue weighted by Crippen LogP contribution is -2.48. The fourth-order valence-corrected chi connectivity index (χ4v) is 4.21. The van der Waals surface area contributed by atoms with Crippen LogP contribution < -0.4 is 10.1 Å². The van der Waals surface area contributed by atoms with Crippen LogP contribution in [0.1, 0.15) is 25.0 Å². The van der Waals surface area contributed by atoms with E-state index >= 15 is 0 Å². The van der Waals surface area contributed by atoms with Crippen LogP contribution >= 0.6 is 35.0 Å². The van der Waals surface area contributed by atoms with Crippen LogP contribution in [0.25, 0.3) is 0 Å². The van der Waals surface area contributed by atoms with Gasteiger partial charge in [0.05, 0.1) is 12.9 Å². The summed E-state index contributed by atoms with van der Waals surface area (Å²) in [6.07, 6.45) is 0. The second-order valence-electron chi connectivity index (χ2n) is 6.63. The number of rotatable bonds is 10. The Kier molecular flexibility index (Phi) is 9.82. The fraction of sp³-hybridized carbons (Fsp3) is 0.364. The van der Waals surface area contributed by atoms with Crippen LogP contribution in [-0.4, -0.2) is 42.2 Å². The highest BCUT2D eigenvalue weighted by atomic mass is 35.5. The van der Waals surface area contributed by atoms with E-state index in [1.807, 2.05) is 31.2 Å². The molecule has 8 heteroatoms. The number of carbonyl (C=O) groups is 2. The molecule has 2 amide bonds. The maximum atomic E-state index is 13.0. The minimum absolute atomic E-state index is 0.150. The maximum absolute atomic E-state index is 13.0. The van der Waals surface area contributed by atoms with Crippen molar-refractivity contribution >= 4 is 46.8 Å². The first-order chi connectivity index (χ1) is 14.4. The van der Waals surface area contributed by atoms with Gasteiger partial charge in [-0.2, -0.15) is 0 Å². The van der Waals surface area contributed by atoms with E-state index in [1.165, 1.54) is 16.7 Å². The van der Waals surface area contributed by atoms with Gasteiger partial charge in [0.2, 0.25) is 11.8 Å². The van der Waals surface area contributed by atoms with Crippen molar-refractivity contribution in [3.05, 3.63) is 63.6 Å². The van der Waals surface area contributed by atoms with Gasteiger partial charge >= 0.3 is 0 Å². The number of likely N-dealkylation sites (N-methyl/N-ethyl adjacent to an activating group) is 1. The molecule has 0 unspecified atom stereocenters. The summed E-state index contributed by atoms with van der Waals surface area (Å²) in [5.74, 6) is 1.33. The Hall–Kier alpha value is -1.89. The van der Waals surface area contributed by atoms with Crippen molar-refractivity contribution < 1.29 is 14.3 Å². The second kappa shape index (κ2) is 12.1. The predicted molar refractivity (Wildman–Crippen MR) is 124 cm³/mol. The largest absolute Gasteiger partial charge is 0.497 e. The molecule has 0 aliphatic heterocycles. The van der Waals surface area contributed by atoms with E-state index in [1.54, 1.807) is 32.2 Å². The van der Waals surface area contributed by atoms with E-state index in [0.717, 1.165) is 11.3 Å². The van der Waals surface area contributed by atoms with Gasteiger partial charge in [0.15, 0.2) is 0 Å². The highest BCUT2D eigenvalue weighted by molar-refractivity contribution is 7.99. The van der Waals surface area contributed by atoms with E-state index in [2.05, 4.69) is 5.32 Å². The Bertz CT molecular complexity index is 842. The van der Waals surface area contributed by atoms with E-state index in [4.69, 9.17) is 27.9 Å². The van der Waals surface area contributed by atoms with Crippen LogP contribution in [0.3, 0.4) is 0 Å². The third-order valence-corrected chi connectivity index (χ3v) is 6.26. The number of halogens is 2. The normalized spacial score (nSPS) is 11.6. The molecule has 30 heavy (non-hydrogen) atoms. The van der Waals surface area contributed by atoms with Crippen molar-refractivity contribution in [3.63, 3.8) is 0 Å². The van der Waals surface area contributed by atoms with E-state index in [9.17, 15) is 9.59 Å². The van der Waals surface area contributed by atoms with Crippen molar-refractivity contribution in [2.45, 2.75) is 32.2 Å². The topological polar surface area (TPSA) is 58.6 Å². The van der Waals surface area contributed by atoms with Crippen molar-refractivity contribution in [2.75, 3.05) is 19.4 Å². The lowest BCUT2D eigenvalue weighted by molar-refractivity contribution is -0.138. The highest BCUT2D eigenvalue weighted by Crippen LogP contribution is 2.27. The van der Waals surface area contributed by atoms with Crippen LogP contribution in [0.5, 0.6) is 5.75 Å². The summed E-state index contributed by atoms with van der Waals surface area (Å²) in [5.41, 5.74) is 1.72. The molecule has 0 heterocycles. The average molecular weight is 469 g/mol. The molecule has 5 nitrogen and oxygen atoms in total. The number of thioether (sulfide) groups is 1. The molecule has 0 aliphatic rings. The molecule has 0 aromatic heterocycles. The molecule has 0 fully saturated rings. The number of amides is 2. The summed E-state index contributed by atoms with van der Waals surface area (Å²) in [7, 11) is 1.62. The number of hydrogen-bond donors (Lipinski definition) is 1. The van der Waals surface area contributed by atoms with Crippen LogP contribution in [-0.2, 0) is 21.9 Å². The van der Waals surface area contributed by atoms with Gasteiger partial charge in [0, 0.05) is 34.5 Å². The molecule has 0 spiro atoms. The Morgan fingerprint density at radius 2 is 1.77 bits per heavy atom. The standard InChI is InChI=1S/C22H26Cl2N2O3S/c1-4-25-22(28)15(2)26(12-18-19(23)6-5-7-20(18)24)21(27)14-30-13-16-8-10-17(29-3)11-9-16/h5-11,15H,4,12-14H2,1-3H3,(H,25,28)/t15-/m0/s1. The van der Waals surface area contributed by atoms with Crippen LogP contribution in [0, 0.1) is 0 Å². The molecule has 162 valence electrons. The van der Waals surface area contributed by atoms with E-state index in [0.29, 0.717) is 27.9 Å². The van der Waals surface area contributed by atoms with Crippen molar-refractivity contribution in [3.8, 4) is 5.75 Å². The molecule has 0 saturated carbocycles. The molecule has 1 N–H and O–H groups in total. The van der Waals surface area contributed by atoms with Crippen molar-refractivity contribution in [1.82, 2.24) is 10.2 Å². The number of carbonyl (C=O) groups excluding carboxylic acids is 2. The number of methoxy groups -OCH3 is 1. The third kappa shape index (κ3) is 6.83. The van der Waals surface area contributed by atoms with Crippen LogP contribution in [0.2, 0.25) is 10.0 Å². The molecule has 2 aromatic carbocycles. The summed E-state index contributed by atoms with van der Waals surface area (Å²) in [6.45, 7) is 4.21. The minimum atomic E-state index is -0.647. The van der Waals surface area contributed by atoms with Crippen molar-refractivity contribution in [1.29, 1.82) is 0 Å². The molecular weight excluding hydrogens is 443 g/mol. The van der Waals surface area contributed by atoms with Gasteiger partial charge < -0.3 is 15.0 Å². The first-order valence-corrected chi connectivity index (χ1v) is 11.5. The smallest absolute Gasteiger partial charge is 0.242 e. The van der Waals surface area contributed by atoms with Gasteiger partial charge in [-0.3, -0.25) is 9.59 Å². The Morgan fingerprint density at radius 3 is 2.33 bits per heavy atom. The first kappa shape index (κ1) is 24.4. The number of benzene rings is 2. The summed E-state index contributed by atoms with van der Waals surface area (Å²) in [4.78, 5) is 27.0. The van der Waals surface area contributed by atoms with Crippen molar-refractivity contribution in [2.24, 2.45) is 0 Å². The Balaban J connectivity index is 2.09. The van der Waals surface area contributed by atoms with Gasteiger partial charge in [-0.1, -0.05) is 41.4 Å². The van der Waals surface area contributed by atoms with Crippen LogP contribution in [0.4, 0.5) is 0 Å². The van der Waals surface area contributed by atoms with Gasteiger partial charge in [-0.05, 0) is 43.7 Å². The predicted octanol–water partition coefficient (Wildman–Crippen LogP) is 4.79. The number of nitrogens with one attached hydrogen (secondary N) is 1. The lowest BCUT2D eigenvalue weighted by Gasteiger charge is -2.29. The molecule has 0 saturated heterocycles. The Morgan fingerprint density at radius 1 is 1.13 bits per heavy atom. The molecule has 0 radical (unpaired) electrons. The van der Waals surface area contributed by atoms with E-state index < -0.39 is 6.04 Å². The second-order valence-corrected chi connectivity index (χ2v) is 8.43. The summed E-state index contributed by atoms with van der Waals surface area (Å²) in [6, 6.07) is 12.3. The Labute approximate surface area is 192 Å². The maximum Gasteiger partial charge on any atom is 0.242 e. The molecule has 0 aliphatic carbocycles. The SMILES string of the molecule is CCNC(=O)[C@H](C)N(Cc1c(Cl)cccc1Cl)C(=O)CSCc1ccc(OC)cc1. The van der Waals surface area contributed by atoms with Gasteiger partial charge in [-0.25, -0.2) is 0 Å². The molecule has 1 atom stereocenters. The lowest BCUT2D eigenvalue weighted by atomic mass is 10.1. The number of hydrogen-bond acceptors (Lipinski definition) is 4. The molecule has 0 bridgehead atoms. The van der Waals surface area contributed by atoms with Gasteiger partial charge in [0.25, 0.3) is 0 Å². The summed E-state index contributed by atoms with van der Waals surface area (Å²) >= 11 is 14.1. The monoisotopic (exact) mass is 468 g/mol. The average Bonchev–Trinajstić information content (AvgIpc) is 2.73. The van der Waals surface area contributed by atoms with Crippen LogP contribution in [0.15, 0.2) is 42.5 Å². The highest BCUT2D eigenvalue weighted by Gasteiger charge is 2.27. The van der Waals surface area contributed by atoms with Gasteiger partial charge in [0.1, 0.15) is 11.8 Å². The zero-order valence-electron chi connectivity index (χ0n) is 17.3. The first-order valence-electron chi connectivity index (χ1n) is 9.58. The van der Waals surface area contributed by atoms with E-state index in [-0.39, 0.29) is 24.1 Å². The quantitative estimate of drug-likeness (QED) is 0.544. The third-order valence-electron chi connectivity index (χ3n) is 4.56. The zero-order chi connectivity index (χ0) is 22.1. The zero-order valence-corrected chi connectivity index (χ0v) is 19.6. The molecule has 2 rings (SSSR count). The molecular formula is C22H26Cl2N2O3S. The summed E-state index contributed by atoms with van der Waals surface area (Å²) < 4.78 is 5.16. The number of ether oxygens (including phenoxy) is 1. The molecule has 2 aromatic rings. The fourth-order valence-electron chi connectivity index (χ4n) is 2.82. The summed E-state index contributed by atoms with van der Waals surface area (Å²) in [5, 5.41) is 3.70. The van der Waals surface area contributed by atoms with Gasteiger partial charge in [-0.15, -0.1) is 11.8 Å². The minimum Gasteiger partial charge on any atom is -0.497 e.